The Kier molecular flexibility index (Phi) is 4.39. The maximum absolute atomic E-state index is 13.9. The lowest BCUT2D eigenvalue weighted by Crippen LogP contribution is -2.32. The number of ether oxygens (including phenoxy) is 1. The lowest BCUT2D eigenvalue weighted by molar-refractivity contribution is 0.102. The van der Waals surface area contributed by atoms with E-state index >= 15 is 0 Å². The molecule has 1 saturated carbocycles. The second kappa shape index (κ2) is 6.43. The van der Waals surface area contributed by atoms with Crippen LogP contribution in [0.3, 0.4) is 0 Å². The van der Waals surface area contributed by atoms with Gasteiger partial charge in [-0.15, -0.1) is 0 Å². The fourth-order valence-corrected chi connectivity index (χ4v) is 2.59. The molecule has 2 atom stereocenters. The van der Waals surface area contributed by atoms with Crippen molar-refractivity contribution in [2.75, 3.05) is 19.6 Å². The highest BCUT2D eigenvalue weighted by Gasteiger charge is 2.36. The van der Waals surface area contributed by atoms with Gasteiger partial charge >= 0.3 is 6.09 Å². The molecule has 1 saturated heterocycles. The average molecular weight is 292 g/mol. The van der Waals surface area contributed by atoms with Crippen molar-refractivity contribution in [2.24, 2.45) is 5.92 Å². The van der Waals surface area contributed by atoms with Crippen molar-refractivity contribution in [3.63, 3.8) is 0 Å². The van der Waals surface area contributed by atoms with Crippen LogP contribution in [0.4, 0.5) is 9.18 Å². The zero-order chi connectivity index (χ0) is 14.7. The third-order valence-corrected chi connectivity index (χ3v) is 4.07. The molecular formula is C16H21FN2O2. The Morgan fingerprint density at radius 1 is 1.29 bits per heavy atom. The highest BCUT2D eigenvalue weighted by molar-refractivity contribution is 5.68. The molecule has 3 rings (SSSR count). The topological polar surface area (TPSA) is 41.6 Å². The predicted octanol–water partition coefficient (Wildman–Crippen LogP) is 2.35. The number of likely N-dealkylation sites (tertiary alicyclic amines) is 1. The van der Waals surface area contributed by atoms with E-state index in [1.807, 2.05) is 30.3 Å². The number of rotatable bonds is 5. The summed E-state index contributed by atoms with van der Waals surface area (Å²) in [4.78, 5) is 13.5. The van der Waals surface area contributed by atoms with Gasteiger partial charge < -0.3 is 15.0 Å². The van der Waals surface area contributed by atoms with Crippen LogP contribution < -0.4 is 5.32 Å². The van der Waals surface area contributed by atoms with Gasteiger partial charge in [-0.1, -0.05) is 30.3 Å². The van der Waals surface area contributed by atoms with E-state index in [9.17, 15) is 9.18 Å². The van der Waals surface area contributed by atoms with Crippen molar-refractivity contribution >= 4 is 6.09 Å². The molecule has 1 heterocycles. The second-order valence-electron chi connectivity index (χ2n) is 5.90. The molecule has 21 heavy (non-hydrogen) atoms. The minimum Gasteiger partial charge on any atom is -0.445 e. The standard InChI is InChI=1S/C16H21FN2O2/c17-15-10-19(9-13(15)8-18-14-6-7-14)16(20)21-11-12-4-2-1-3-5-12/h1-5,13-15,18H,6-11H2/t13-,15+/m0/s1. The quantitative estimate of drug-likeness (QED) is 0.905. The Morgan fingerprint density at radius 2 is 2.05 bits per heavy atom. The van der Waals surface area contributed by atoms with Crippen molar-refractivity contribution < 1.29 is 13.9 Å². The molecule has 0 bridgehead atoms. The maximum Gasteiger partial charge on any atom is 0.410 e. The Hall–Kier alpha value is -1.62. The highest BCUT2D eigenvalue weighted by Crippen LogP contribution is 2.23. The lowest BCUT2D eigenvalue weighted by atomic mass is 10.1. The Morgan fingerprint density at radius 3 is 2.76 bits per heavy atom. The highest BCUT2D eigenvalue weighted by atomic mass is 19.1. The van der Waals surface area contributed by atoms with E-state index in [0.29, 0.717) is 19.1 Å². The number of carbonyl (C=O) groups excluding carboxylic acids is 1. The summed E-state index contributed by atoms with van der Waals surface area (Å²) in [6, 6.07) is 10.1. The third-order valence-electron chi connectivity index (χ3n) is 4.07. The van der Waals surface area contributed by atoms with Crippen molar-refractivity contribution in [1.29, 1.82) is 0 Å². The van der Waals surface area contributed by atoms with Gasteiger partial charge in [0.25, 0.3) is 0 Å². The monoisotopic (exact) mass is 292 g/mol. The molecule has 0 spiro atoms. The summed E-state index contributed by atoms with van der Waals surface area (Å²) in [6.45, 7) is 1.46. The second-order valence-corrected chi connectivity index (χ2v) is 5.90. The summed E-state index contributed by atoms with van der Waals surface area (Å²) in [5.41, 5.74) is 0.939. The molecule has 0 radical (unpaired) electrons. The van der Waals surface area contributed by atoms with E-state index in [1.165, 1.54) is 17.7 Å². The van der Waals surface area contributed by atoms with Gasteiger partial charge in [-0.2, -0.15) is 0 Å². The van der Waals surface area contributed by atoms with Gasteiger partial charge in [0.2, 0.25) is 0 Å². The molecule has 0 aromatic heterocycles. The smallest absolute Gasteiger partial charge is 0.410 e. The number of halogens is 1. The van der Waals surface area contributed by atoms with Crippen molar-refractivity contribution in [2.45, 2.75) is 31.7 Å². The average Bonchev–Trinajstić information content (AvgIpc) is 3.26. The van der Waals surface area contributed by atoms with Gasteiger partial charge in [0.1, 0.15) is 12.8 Å². The summed E-state index contributed by atoms with van der Waals surface area (Å²) >= 11 is 0. The normalized spacial score (nSPS) is 25.1. The Balaban J connectivity index is 1.44. The van der Waals surface area contributed by atoms with E-state index in [1.54, 1.807) is 0 Å². The summed E-state index contributed by atoms with van der Waals surface area (Å²) in [5, 5.41) is 3.33. The number of nitrogens with zero attached hydrogens (tertiary/aromatic N) is 1. The Labute approximate surface area is 124 Å². The predicted molar refractivity (Wildman–Crippen MR) is 77.6 cm³/mol. The molecule has 4 nitrogen and oxygen atoms in total. The van der Waals surface area contributed by atoms with Crippen LogP contribution in [-0.2, 0) is 11.3 Å². The maximum atomic E-state index is 13.9. The summed E-state index contributed by atoms with van der Waals surface area (Å²) in [6.07, 6.45) is 0.995. The number of nitrogens with one attached hydrogen (secondary N) is 1. The first-order valence-electron chi connectivity index (χ1n) is 7.55. The van der Waals surface area contributed by atoms with E-state index in [0.717, 1.165) is 5.56 Å². The lowest BCUT2D eigenvalue weighted by Gasteiger charge is -2.16. The van der Waals surface area contributed by atoms with Crippen molar-refractivity contribution in [1.82, 2.24) is 10.2 Å². The first-order valence-corrected chi connectivity index (χ1v) is 7.55. The van der Waals surface area contributed by atoms with Gasteiger partial charge in [0, 0.05) is 25.0 Å². The van der Waals surface area contributed by atoms with Crippen LogP contribution in [0.1, 0.15) is 18.4 Å². The van der Waals surface area contributed by atoms with Crippen LogP contribution >= 0.6 is 0 Å². The first kappa shape index (κ1) is 14.3. The number of amides is 1. The van der Waals surface area contributed by atoms with Gasteiger partial charge in [-0.25, -0.2) is 9.18 Å². The van der Waals surface area contributed by atoms with Crippen LogP contribution in [0, 0.1) is 5.92 Å². The zero-order valence-electron chi connectivity index (χ0n) is 12.0. The number of carbonyl (C=O) groups is 1. The number of benzene rings is 1. The molecule has 1 N–H and O–H groups in total. The number of hydrogen-bond donors (Lipinski definition) is 1. The van der Waals surface area contributed by atoms with E-state index in [-0.39, 0.29) is 19.1 Å². The molecule has 2 aliphatic rings. The van der Waals surface area contributed by atoms with Crippen LogP contribution in [0.5, 0.6) is 0 Å². The van der Waals surface area contributed by atoms with Crippen LogP contribution in [0.25, 0.3) is 0 Å². The van der Waals surface area contributed by atoms with Crippen molar-refractivity contribution in [3.8, 4) is 0 Å². The zero-order valence-corrected chi connectivity index (χ0v) is 12.0. The molecule has 1 aliphatic heterocycles. The summed E-state index contributed by atoms with van der Waals surface area (Å²) in [5.74, 6) is -0.116. The van der Waals surface area contributed by atoms with Gasteiger partial charge in [0.15, 0.2) is 0 Å². The van der Waals surface area contributed by atoms with Crippen LogP contribution in [0.2, 0.25) is 0 Å². The third kappa shape index (κ3) is 3.94. The first-order chi connectivity index (χ1) is 10.2. The SMILES string of the molecule is O=C(OCc1ccccc1)N1C[C@H](CNC2CC2)[C@H](F)C1. The summed E-state index contributed by atoms with van der Waals surface area (Å²) < 4.78 is 19.2. The van der Waals surface area contributed by atoms with E-state index in [2.05, 4.69) is 5.32 Å². The molecule has 1 aromatic rings. The molecule has 2 fully saturated rings. The fraction of sp³-hybridized carbons (Fsp3) is 0.562. The molecule has 1 aliphatic carbocycles. The number of alkyl halides is 1. The largest absolute Gasteiger partial charge is 0.445 e. The van der Waals surface area contributed by atoms with Gasteiger partial charge in [0.05, 0.1) is 6.54 Å². The molecular weight excluding hydrogens is 271 g/mol. The fourth-order valence-electron chi connectivity index (χ4n) is 2.59. The molecule has 114 valence electrons. The van der Waals surface area contributed by atoms with E-state index in [4.69, 9.17) is 4.74 Å². The molecule has 1 amide bonds. The van der Waals surface area contributed by atoms with E-state index < -0.39 is 12.3 Å². The number of hydrogen-bond acceptors (Lipinski definition) is 3. The Bertz CT molecular complexity index is 478. The van der Waals surface area contributed by atoms with Gasteiger partial charge in [-0.05, 0) is 18.4 Å². The molecule has 1 aromatic carbocycles. The minimum atomic E-state index is -0.958. The minimum absolute atomic E-state index is 0.116. The van der Waals surface area contributed by atoms with Gasteiger partial charge in [-0.3, -0.25) is 0 Å². The van der Waals surface area contributed by atoms with Crippen LogP contribution in [-0.4, -0.2) is 42.8 Å². The summed E-state index contributed by atoms with van der Waals surface area (Å²) in [7, 11) is 0. The molecule has 0 unspecified atom stereocenters. The molecule has 5 heteroatoms. The van der Waals surface area contributed by atoms with Crippen molar-refractivity contribution in [3.05, 3.63) is 35.9 Å². The van der Waals surface area contributed by atoms with Crippen LogP contribution in [0.15, 0.2) is 30.3 Å².